The fourth-order valence-electron chi connectivity index (χ4n) is 7.06. The molecule has 6 rings (SSSR count). The van der Waals surface area contributed by atoms with Crippen LogP contribution in [-0.2, 0) is 20.8 Å². The first-order valence-corrected chi connectivity index (χ1v) is 18.7. The van der Waals surface area contributed by atoms with Crippen molar-refractivity contribution < 1.29 is 33.9 Å². The Hall–Kier alpha value is -5.55. The normalized spacial score (nSPS) is 18.2. The molecule has 4 aromatic carbocycles. The van der Waals surface area contributed by atoms with Gasteiger partial charge in [-0.2, -0.15) is 0 Å². The fraction of sp³-hybridized carbons (Fsp3) is 0.286. The van der Waals surface area contributed by atoms with Crippen molar-refractivity contribution in [3.63, 3.8) is 0 Å². The maximum absolute atomic E-state index is 14.3. The lowest BCUT2D eigenvalue weighted by molar-refractivity contribution is -0.151. The summed E-state index contributed by atoms with van der Waals surface area (Å²) in [5.41, 5.74) is 2.91. The molecule has 0 radical (unpaired) electrons. The number of nitrogens with one attached hydrogen (secondary N) is 1. The Bertz CT molecular complexity index is 1920. The minimum atomic E-state index is -1.15. The Morgan fingerprint density at radius 2 is 1.36 bits per heavy atom. The van der Waals surface area contributed by atoms with E-state index in [1.807, 2.05) is 60.7 Å². The number of carbonyl (C=O) groups is 6. The highest BCUT2D eigenvalue weighted by molar-refractivity contribution is 8.15. The number of amides is 4. The quantitative estimate of drug-likeness (QED) is 0.119. The number of aliphatic carboxylic acids is 1. The van der Waals surface area contributed by atoms with Gasteiger partial charge in [0, 0.05) is 25.1 Å². The average molecular weight is 732 g/mol. The highest BCUT2D eigenvalue weighted by Crippen LogP contribution is 2.31. The van der Waals surface area contributed by atoms with Gasteiger partial charge >= 0.3 is 5.97 Å². The summed E-state index contributed by atoms with van der Waals surface area (Å²) in [5, 5.41) is 12.1. The zero-order chi connectivity index (χ0) is 37.3. The molecule has 0 spiro atoms. The first kappa shape index (κ1) is 37.2. The third-order valence-electron chi connectivity index (χ3n) is 9.87. The molecule has 4 unspecified atom stereocenters. The van der Waals surface area contributed by atoms with Crippen LogP contribution in [0.15, 0.2) is 115 Å². The Morgan fingerprint density at radius 3 is 1.98 bits per heavy atom. The average Bonchev–Trinajstić information content (AvgIpc) is 3.31. The third kappa shape index (κ3) is 8.92. The lowest BCUT2D eigenvalue weighted by Crippen LogP contribution is -2.54. The molecule has 272 valence electrons. The van der Waals surface area contributed by atoms with E-state index in [1.54, 1.807) is 54.6 Å². The van der Waals surface area contributed by atoms with Crippen LogP contribution in [0.1, 0.15) is 80.2 Å². The van der Waals surface area contributed by atoms with Gasteiger partial charge in [0.15, 0.2) is 0 Å². The number of imide groups is 1. The number of nitrogens with zero attached hydrogens (tertiary/aromatic N) is 2. The second kappa shape index (κ2) is 17.3. The summed E-state index contributed by atoms with van der Waals surface area (Å²) < 4.78 is 0. The number of carboxylic acids is 1. The van der Waals surface area contributed by atoms with E-state index in [0.29, 0.717) is 36.0 Å². The summed E-state index contributed by atoms with van der Waals surface area (Å²) in [6, 6.07) is 31.9. The van der Waals surface area contributed by atoms with Crippen LogP contribution in [0.3, 0.4) is 0 Å². The molecule has 11 heteroatoms. The van der Waals surface area contributed by atoms with E-state index >= 15 is 0 Å². The summed E-state index contributed by atoms with van der Waals surface area (Å²) in [5.74, 6) is -2.98. The number of unbranched alkanes of at least 4 members (excludes halogenated alkanes) is 1. The van der Waals surface area contributed by atoms with Crippen molar-refractivity contribution in [1.82, 2.24) is 15.1 Å². The molecule has 4 atom stereocenters. The summed E-state index contributed by atoms with van der Waals surface area (Å²) in [6.45, 7) is 0.349. The van der Waals surface area contributed by atoms with Gasteiger partial charge in [-0.3, -0.25) is 28.9 Å². The van der Waals surface area contributed by atoms with Crippen molar-refractivity contribution in [2.75, 3.05) is 13.1 Å². The number of likely N-dealkylation sites (tertiary alicyclic amines) is 1. The number of hydrogen-bond acceptors (Lipinski definition) is 7. The zero-order valence-electron chi connectivity index (χ0n) is 29.1. The zero-order valence-corrected chi connectivity index (χ0v) is 30.0. The second-order valence-electron chi connectivity index (χ2n) is 13.3. The predicted octanol–water partition coefficient (Wildman–Crippen LogP) is 5.98. The molecule has 0 aliphatic carbocycles. The van der Waals surface area contributed by atoms with Gasteiger partial charge in [0.05, 0.1) is 16.4 Å². The summed E-state index contributed by atoms with van der Waals surface area (Å²) >= 11 is 0.868. The Morgan fingerprint density at radius 1 is 0.774 bits per heavy atom. The van der Waals surface area contributed by atoms with Gasteiger partial charge in [-0.25, -0.2) is 4.79 Å². The van der Waals surface area contributed by atoms with Crippen LogP contribution in [0, 0.1) is 0 Å². The Labute approximate surface area is 312 Å². The monoisotopic (exact) mass is 731 g/mol. The van der Waals surface area contributed by atoms with Gasteiger partial charge in [0.1, 0.15) is 12.1 Å². The maximum Gasteiger partial charge on any atom is 0.326 e. The first-order valence-electron chi connectivity index (χ1n) is 17.8. The van der Waals surface area contributed by atoms with Gasteiger partial charge in [-0.05, 0) is 54.9 Å². The summed E-state index contributed by atoms with van der Waals surface area (Å²) in [7, 11) is 0. The van der Waals surface area contributed by atoms with Gasteiger partial charge in [0.25, 0.3) is 11.8 Å². The van der Waals surface area contributed by atoms with Crippen molar-refractivity contribution in [3.05, 3.63) is 143 Å². The largest absolute Gasteiger partial charge is 0.480 e. The maximum atomic E-state index is 14.3. The van der Waals surface area contributed by atoms with Crippen molar-refractivity contribution >= 4 is 46.5 Å². The van der Waals surface area contributed by atoms with Crippen LogP contribution in [0.4, 0.5) is 0 Å². The molecular formula is C42H41N3O7S. The molecule has 1 fully saturated rings. The Kier molecular flexibility index (Phi) is 12.2. The van der Waals surface area contributed by atoms with Gasteiger partial charge in [-0.15, -0.1) is 0 Å². The molecule has 1 saturated heterocycles. The molecule has 2 N–H and O–H groups in total. The highest BCUT2D eigenvalue weighted by Gasteiger charge is 2.40. The van der Waals surface area contributed by atoms with Crippen molar-refractivity contribution in [2.24, 2.45) is 0 Å². The molecule has 0 bridgehead atoms. The van der Waals surface area contributed by atoms with E-state index in [2.05, 4.69) is 5.32 Å². The molecule has 4 amide bonds. The third-order valence-corrected chi connectivity index (χ3v) is 11.1. The van der Waals surface area contributed by atoms with Crippen molar-refractivity contribution in [2.45, 2.75) is 61.8 Å². The summed E-state index contributed by atoms with van der Waals surface area (Å²) in [4.78, 5) is 83.0. The van der Waals surface area contributed by atoms with E-state index in [-0.39, 0.29) is 55.2 Å². The molecular weight excluding hydrogens is 691 g/mol. The van der Waals surface area contributed by atoms with Crippen LogP contribution < -0.4 is 5.32 Å². The molecule has 10 nitrogen and oxygen atoms in total. The first-order chi connectivity index (χ1) is 25.7. The predicted molar refractivity (Wildman–Crippen MR) is 201 cm³/mol. The van der Waals surface area contributed by atoms with Crippen molar-refractivity contribution in [1.29, 1.82) is 0 Å². The smallest absolute Gasteiger partial charge is 0.326 e. The Balaban J connectivity index is 1.21. The van der Waals surface area contributed by atoms with Crippen LogP contribution >= 0.6 is 11.8 Å². The topological polar surface area (TPSA) is 141 Å². The molecule has 4 aromatic rings. The van der Waals surface area contributed by atoms with Crippen LogP contribution in [0.5, 0.6) is 0 Å². The number of hydrogen-bond donors (Lipinski definition) is 2. The second-order valence-corrected chi connectivity index (χ2v) is 14.5. The highest BCUT2D eigenvalue weighted by atomic mass is 32.2. The number of rotatable bonds is 14. The van der Waals surface area contributed by atoms with E-state index in [1.165, 1.54) is 9.80 Å². The lowest BCUT2D eigenvalue weighted by atomic mass is 9.90. The van der Waals surface area contributed by atoms with E-state index in [9.17, 15) is 33.9 Å². The molecule has 2 aliphatic heterocycles. The number of fused-ring (bicyclic) bond motifs is 1. The number of carbonyl (C=O) groups excluding carboxylic acids is 5. The van der Waals surface area contributed by atoms with E-state index in [0.717, 1.165) is 22.9 Å². The van der Waals surface area contributed by atoms with Gasteiger partial charge in [-0.1, -0.05) is 121 Å². The van der Waals surface area contributed by atoms with Gasteiger partial charge in [0.2, 0.25) is 16.9 Å². The number of carboxylic acid groups (broad SMARTS) is 1. The van der Waals surface area contributed by atoms with Crippen LogP contribution in [0.25, 0.3) is 0 Å². The molecule has 0 saturated carbocycles. The minimum absolute atomic E-state index is 0.107. The SMILES string of the molecule is O=C(SC(CCCCN1C(=O)c2ccccc2C1=O)C(=O)NC1CC(c2ccccc2)CCN(C(Cc2ccccc2)C(=O)O)C1=O)c1ccccc1. The summed E-state index contributed by atoms with van der Waals surface area (Å²) in [6.07, 6.45) is 1.92. The number of thioether (sulfide) groups is 1. The fourth-order valence-corrected chi connectivity index (χ4v) is 8.05. The lowest BCUT2D eigenvalue weighted by Gasteiger charge is -2.31. The van der Waals surface area contributed by atoms with Crippen molar-refractivity contribution in [3.8, 4) is 0 Å². The molecule has 53 heavy (non-hydrogen) atoms. The molecule has 2 aliphatic rings. The minimum Gasteiger partial charge on any atom is -0.480 e. The number of benzene rings is 4. The van der Waals surface area contributed by atoms with Crippen LogP contribution in [0.2, 0.25) is 0 Å². The van der Waals surface area contributed by atoms with E-state index < -0.39 is 35.1 Å². The standard InChI is InChI=1S/C42H41N3O7S/c46-37(36(53-42(52)30-18-8-3-9-19-30)22-12-13-24-45-38(47)32-20-10-11-21-33(32)39(45)48)43-34-27-31(29-16-6-2-7-17-29)23-25-44(40(34)49)35(41(50)51)26-28-14-4-1-5-15-28/h1-11,14-21,31,34-36H,12-13,22-27H2,(H,43,46)(H,50,51). The van der Waals surface area contributed by atoms with Gasteiger partial charge < -0.3 is 15.3 Å². The van der Waals surface area contributed by atoms with E-state index in [4.69, 9.17) is 0 Å². The molecule has 2 heterocycles. The molecule has 0 aromatic heterocycles. The van der Waals surface area contributed by atoms with Crippen LogP contribution in [-0.4, -0.2) is 80.0 Å².